The molecule has 4 heteroatoms. The van der Waals surface area contributed by atoms with Gasteiger partial charge in [0.25, 0.3) is 0 Å². The summed E-state index contributed by atoms with van der Waals surface area (Å²) >= 11 is 0. The van der Waals surface area contributed by atoms with E-state index in [1.54, 1.807) is 14.0 Å². The predicted molar refractivity (Wildman–Crippen MR) is 91.9 cm³/mol. The van der Waals surface area contributed by atoms with Crippen LogP contribution >= 0.6 is 0 Å². The maximum Gasteiger partial charge on any atom is 0.206 e. The molecule has 0 aromatic heterocycles. The van der Waals surface area contributed by atoms with Gasteiger partial charge in [-0.2, -0.15) is 10.1 Å². The van der Waals surface area contributed by atoms with E-state index < -0.39 is 0 Å². The first kappa shape index (κ1) is 17.5. The Bertz CT molecular complexity index is 650. The Morgan fingerprint density at radius 1 is 1.04 bits per heavy atom. The van der Waals surface area contributed by atoms with E-state index in [9.17, 15) is 5.21 Å². The standard InChI is InChI=1S/C19H25NO3/c1-6-23-20(21)17-13-16(11-12-18(17)22-5)19(3,4)15-9-7-14(2)8-10-15/h7-13,20H,6H2,1-5H3. The molecule has 4 nitrogen and oxygen atoms in total. The zero-order chi connectivity index (χ0) is 17.0. The summed E-state index contributed by atoms with van der Waals surface area (Å²) in [7, 11) is 1.56. The lowest BCUT2D eigenvalue weighted by molar-refractivity contribution is -0.997. The molecule has 2 aromatic rings. The van der Waals surface area contributed by atoms with Crippen molar-refractivity contribution in [1.82, 2.24) is 0 Å². The molecule has 23 heavy (non-hydrogen) atoms. The molecule has 0 spiro atoms. The lowest BCUT2D eigenvalue weighted by atomic mass is 9.78. The van der Waals surface area contributed by atoms with E-state index in [0.717, 1.165) is 5.56 Å². The summed E-state index contributed by atoms with van der Waals surface area (Å²) in [6, 6.07) is 14.2. The Hall–Kier alpha value is -1.88. The van der Waals surface area contributed by atoms with Crippen LogP contribution < -0.4 is 9.96 Å². The highest BCUT2D eigenvalue weighted by molar-refractivity contribution is 5.52. The van der Waals surface area contributed by atoms with Crippen molar-refractivity contribution in [1.29, 1.82) is 0 Å². The van der Waals surface area contributed by atoms with Crippen LogP contribution in [0.1, 0.15) is 37.5 Å². The molecule has 1 unspecified atom stereocenters. The number of hydrogen-bond donors (Lipinski definition) is 1. The monoisotopic (exact) mass is 315 g/mol. The molecule has 0 aliphatic rings. The second-order valence-electron chi connectivity index (χ2n) is 6.13. The van der Waals surface area contributed by atoms with Crippen LogP contribution in [0, 0.1) is 12.1 Å². The maximum atomic E-state index is 12.2. The molecule has 2 rings (SSSR count). The highest BCUT2D eigenvalue weighted by atomic mass is 16.9. The van der Waals surface area contributed by atoms with Gasteiger partial charge in [-0.1, -0.05) is 49.7 Å². The molecule has 0 radical (unpaired) electrons. The summed E-state index contributed by atoms with van der Waals surface area (Å²) in [6.07, 6.45) is 0. The molecule has 124 valence electrons. The Balaban J connectivity index is 2.45. The first-order valence-corrected chi connectivity index (χ1v) is 7.83. The molecule has 1 atom stereocenters. The van der Waals surface area contributed by atoms with Gasteiger partial charge in [-0.25, -0.2) is 0 Å². The number of ether oxygens (including phenoxy) is 1. The van der Waals surface area contributed by atoms with Gasteiger partial charge in [0.2, 0.25) is 5.69 Å². The minimum Gasteiger partial charge on any atom is -0.595 e. The molecule has 0 aliphatic carbocycles. The third kappa shape index (κ3) is 3.72. The van der Waals surface area contributed by atoms with Crippen molar-refractivity contribution in [3.63, 3.8) is 0 Å². The fraction of sp³-hybridized carbons (Fsp3) is 0.368. The van der Waals surface area contributed by atoms with Crippen LogP contribution in [0.15, 0.2) is 42.5 Å². The van der Waals surface area contributed by atoms with Gasteiger partial charge in [-0.15, -0.1) is 0 Å². The minimum absolute atomic E-state index is 0.221. The highest BCUT2D eigenvalue weighted by Crippen LogP contribution is 2.35. The highest BCUT2D eigenvalue weighted by Gasteiger charge is 2.26. The Kier molecular flexibility index (Phi) is 5.42. The van der Waals surface area contributed by atoms with Crippen LogP contribution in [-0.2, 0) is 10.3 Å². The van der Waals surface area contributed by atoms with Gasteiger partial charge in [0.05, 0.1) is 7.11 Å². The van der Waals surface area contributed by atoms with Gasteiger partial charge >= 0.3 is 0 Å². The molecule has 0 aliphatic heterocycles. The van der Waals surface area contributed by atoms with Gasteiger partial charge in [-0.05, 0) is 31.0 Å². The summed E-state index contributed by atoms with van der Waals surface area (Å²) < 4.78 is 5.30. The third-order valence-corrected chi connectivity index (χ3v) is 4.19. The predicted octanol–water partition coefficient (Wildman–Crippen LogP) is 3.30. The lowest BCUT2D eigenvalue weighted by Gasteiger charge is -2.28. The number of quaternary nitrogens is 1. The molecule has 0 amide bonds. The van der Waals surface area contributed by atoms with Gasteiger partial charge in [0, 0.05) is 11.5 Å². The van der Waals surface area contributed by atoms with Gasteiger partial charge in [-0.3, -0.25) is 0 Å². The first-order valence-electron chi connectivity index (χ1n) is 7.83. The molecular weight excluding hydrogens is 290 g/mol. The quantitative estimate of drug-likeness (QED) is 0.832. The second kappa shape index (κ2) is 7.13. The summed E-state index contributed by atoms with van der Waals surface area (Å²) in [4.78, 5) is 5.14. The number of methoxy groups -OCH3 is 1. The van der Waals surface area contributed by atoms with Crippen LogP contribution in [0.3, 0.4) is 0 Å². The van der Waals surface area contributed by atoms with E-state index in [2.05, 4.69) is 45.0 Å². The topological polar surface area (TPSA) is 46.0 Å². The van der Waals surface area contributed by atoms with Crippen molar-refractivity contribution < 1.29 is 14.8 Å². The summed E-state index contributed by atoms with van der Waals surface area (Å²) in [5.41, 5.74) is 3.72. The van der Waals surface area contributed by atoms with Crippen molar-refractivity contribution in [2.24, 2.45) is 0 Å². The molecule has 2 aromatic carbocycles. The van der Waals surface area contributed by atoms with E-state index in [1.807, 2.05) is 18.2 Å². The normalized spacial score (nSPS) is 13.0. The zero-order valence-corrected chi connectivity index (χ0v) is 14.5. The molecule has 0 bridgehead atoms. The van der Waals surface area contributed by atoms with E-state index >= 15 is 0 Å². The number of benzene rings is 2. The number of rotatable bonds is 6. The summed E-state index contributed by atoms with van der Waals surface area (Å²) in [5, 5.41) is 11.8. The Morgan fingerprint density at radius 3 is 2.22 bits per heavy atom. The van der Waals surface area contributed by atoms with Gasteiger partial charge in [0.15, 0.2) is 5.75 Å². The lowest BCUT2D eigenvalue weighted by Crippen LogP contribution is -3.01. The van der Waals surface area contributed by atoms with Gasteiger partial charge in [0.1, 0.15) is 6.61 Å². The Morgan fingerprint density at radius 2 is 1.65 bits per heavy atom. The number of aryl methyl sites for hydroxylation is 1. The van der Waals surface area contributed by atoms with Crippen molar-refractivity contribution >= 4 is 5.69 Å². The summed E-state index contributed by atoms with van der Waals surface area (Å²) in [6.45, 7) is 8.50. The number of hydrogen-bond acceptors (Lipinski definition) is 3. The molecule has 0 fully saturated rings. The van der Waals surface area contributed by atoms with Crippen LogP contribution in [0.5, 0.6) is 5.75 Å². The zero-order valence-electron chi connectivity index (χ0n) is 14.5. The average molecular weight is 315 g/mol. The number of nitrogens with one attached hydrogen (secondary N) is 1. The van der Waals surface area contributed by atoms with Crippen LogP contribution in [0.25, 0.3) is 0 Å². The van der Waals surface area contributed by atoms with Crippen molar-refractivity contribution in [2.45, 2.75) is 33.1 Å². The van der Waals surface area contributed by atoms with Crippen molar-refractivity contribution in [3.05, 3.63) is 64.4 Å². The van der Waals surface area contributed by atoms with Crippen LogP contribution in [-0.4, -0.2) is 13.7 Å². The maximum absolute atomic E-state index is 12.2. The SMILES string of the molecule is CCO[NH+]([O-])c1cc(C(C)(C)c2ccc(C)cc2)ccc1OC. The smallest absolute Gasteiger partial charge is 0.206 e. The molecular formula is C19H25NO3. The van der Waals surface area contributed by atoms with Crippen LogP contribution in [0.2, 0.25) is 0 Å². The van der Waals surface area contributed by atoms with Gasteiger partial charge < -0.3 is 9.94 Å². The van der Waals surface area contributed by atoms with E-state index in [4.69, 9.17) is 9.57 Å². The van der Waals surface area contributed by atoms with E-state index in [0.29, 0.717) is 18.0 Å². The second-order valence-corrected chi connectivity index (χ2v) is 6.13. The molecule has 0 saturated heterocycles. The molecule has 0 heterocycles. The first-order chi connectivity index (χ1) is 10.9. The minimum atomic E-state index is -0.356. The van der Waals surface area contributed by atoms with E-state index in [1.165, 1.54) is 11.1 Å². The fourth-order valence-corrected chi connectivity index (χ4v) is 2.60. The summed E-state index contributed by atoms with van der Waals surface area (Å²) in [5.74, 6) is 0.534. The van der Waals surface area contributed by atoms with E-state index in [-0.39, 0.29) is 10.6 Å². The average Bonchev–Trinajstić information content (AvgIpc) is 2.54. The molecule has 1 N–H and O–H groups in total. The largest absolute Gasteiger partial charge is 0.595 e. The van der Waals surface area contributed by atoms with Crippen molar-refractivity contribution in [3.8, 4) is 5.75 Å². The Labute approximate surface area is 138 Å². The third-order valence-electron chi connectivity index (χ3n) is 4.19. The van der Waals surface area contributed by atoms with Crippen molar-refractivity contribution in [2.75, 3.05) is 13.7 Å². The molecule has 0 saturated carbocycles. The fourth-order valence-electron chi connectivity index (χ4n) is 2.60. The van der Waals surface area contributed by atoms with Crippen LogP contribution in [0.4, 0.5) is 5.69 Å².